The molecule has 0 aliphatic carbocycles. The number of aliphatic hydroxyl groups excluding tert-OH is 2. The fourth-order valence-corrected chi connectivity index (χ4v) is 3.55. The molecule has 0 aromatic carbocycles. The summed E-state index contributed by atoms with van der Waals surface area (Å²) in [6.07, 6.45) is 13.4. The second kappa shape index (κ2) is 27.0. The van der Waals surface area contributed by atoms with Gasteiger partial charge < -0.3 is 38.6 Å². The smallest absolute Gasteiger partial charge is 0.322 e. The number of aromatic nitrogens is 3. The molecule has 0 bridgehead atoms. The van der Waals surface area contributed by atoms with Gasteiger partial charge in [0.1, 0.15) is 19.0 Å². The van der Waals surface area contributed by atoms with Gasteiger partial charge in [0, 0.05) is 6.42 Å². The van der Waals surface area contributed by atoms with Crippen molar-refractivity contribution >= 4 is 0 Å². The Morgan fingerprint density at radius 1 is 0.474 bits per heavy atom. The van der Waals surface area contributed by atoms with Gasteiger partial charge in [0.25, 0.3) is 0 Å². The maximum Gasteiger partial charge on any atom is 0.322 e. The molecule has 1 aromatic heterocycles. The van der Waals surface area contributed by atoms with Crippen LogP contribution in [-0.4, -0.2) is 104 Å². The van der Waals surface area contributed by atoms with E-state index in [2.05, 4.69) is 21.9 Å². The van der Waals surface area contributed by atoms with Gasteiger partial charge in [0.05, 0.1) is 66.1 Å². The molecular formula is C27H51N3O8. The third-order valence-electron chi connectivity index (χ3n) is 5.53. The zero-order chi connectivity index (χ0) is 27.4. The van der Waals surface area contributed by atoms with E-state index in [4.69, 9.17) is 38.6 Å². The van der Waals surface area contributed by atoms with Crippen molar-refractivity contribution < 1.29 is 38.6 Å². The Hall–Kier alpha value is -1.63. The molecule has 0 aliphatic rings. The van der Waals surface area contributed by atoms with Crippen LogP contribution in [0.1, 0.15) is 77.0 Å². The zero-order valence-corrected chi connectivity index (χ0v) is 23.4. The number of aliphatic hydroxyl groups is 2. The van der Waals surface area contributed by atoms with Crippen molar-refractivity contribution in [2.75, 3.05) is 79.3 Å². The second-order valence-corrected chi connectivity index (χ2v) is 8.84. The summed E-state index contributed by atoms with van der Waals surface area (Å²) < 4.78 is 32.6. The highest BCUT2D eigenvalue weighted by molar-refractivity contribution is 5.05. The molecule has 1 rings (SSSR count). The summed E-state index contributed by atoms with van der Waals surface area (Å²) in [4.78, 5) is 13.2. The highest BCUT2D eigenvalue weighted by Gasteiger charge is 2.09. The molecule has 1 aromatic rings. The number of hydrogen-bond donors (Lipinski definition) is 2. The number of unbranched alkanes of at least 4 members (excludes halogenated alkanes) is 9. The fraction of sp³-hybridized carbons (Fsp3) is 0.889. The van der Waals surface area contributed by atoms with Crippen LogP contribution in [-0.2, 0) is 25.4 Å². The molecule has 1 heterocycles. The topological polar surface area (TPSA) is 135 Å². The van der Waals surface area contributed by atoms with Crippen molar-refractivity contribution in [2.45, 2.75) is 77.6 Å². The van der Waals surface area contributed by atoms with Gasteiger partial charge in [0.2, 0.25) is 0 Å². The van der Waals surface area contributed by atoms with Gasteiger partial charge >= 0.3 is 12.0 Å². The van der Waals surface area contributed by atoms with Crippen LogP contribution < -0.4 is 9.47 Å². The van der Waals surface area contributed by atoms with Crippen LogP contribution in [0.4, 0.5) is 0 Å². The molecule has 0 spiro atoms. The van der Waals surface area contributed by atoms with E-state index in [9.17, 15) is 0 Å². The molecule has 0 unspecified atom stereocenters. The van der Waals surface area contributed by atoms with E-state index in [0.717, 1.165) is 19.3 Å². The first-order chi connectivity index (χ1) is 18.8. The largest absolute Gasteiger partial charge is 0.461 e. The predicted molar refractivity (Wildman–Crippen MR) is 144 cm³/mol. The van der Waals surface area contributed by atoms with Crippen LogP contribution in [0.25, 0.3) is 0 Å². The highest BCUT2D eigenvalue weighted by atomic mass is 16.6. The number of rotatable bonds is 29. The van der Waals surface area contributed by atoms with Gasteiger partial charge in [-0.3, -0.25) is 0 Å². The SMILES string of the molecule is CCCCCCCCCCCCc1nc(OCCOCCOCCO)nc(OCCOCCOCCO)n1. The predicted octanol–water partition coefficient (Wildman–Crippen LogP) is 3.14. The lowest BCUT2D eigenvalue weighted by Crippen LogP contribution is -2.15. The van der Waals surface area contributed by atoms with E-state index in [1.54, 1.807) is 0 Å². The summed E-state index contributed by atoms with van der Waals surface area (Å²) in [5.41, 5.74) is 0. The number of aryl methyl sites for hydroxylation is 1. The molecule has 0 aliphatic heterocycles. The molecule has 2 N–H and O–H groups in total. The van der Waals surface area contributed by atoms with Crippen LogP contribution in [0, 0.1) is 0 Å². The van der Waals surface area contributed by atoms with E-state index in [1.165, 1.54) is 51.4 Å². The summed E-state index contributed by atoms with van der Waals surface area (Å²) >= 11 is 0. The molecule has 0 atom stereocenters. The first kappa shape index (κ1) is 34.4. The molecule has 0 fully saturated rings. The van der Waals surface area contributed by atoms with Crippen LogP contribution >= 0.6 is 0 Å². The van der Waals surface area contributed by atoms with Crippen molar-refractivity contribution in [1.82, 2.24) is 15.0 Å². The van der Waals surface area contributed by atoms with E-state index in [-0.39, 0.29) is 38.4 Å². The van der Waals surface area contributed by atoms with Crippen molar-refractivity contribution in [3.8, 4) is 12.0 Å². The molecule has 11 heteroatoms. The van der Waals surface area contributed by atoms with Gasteiger partial charge in [-0.05, 0) is 6.42 Å². The summed E-state index contributed by atoms with van der Waals surface area (Å²) in [6.45, 7) is 5.85. The maximum atomic E-state index is 8.70. The number of nitrogens with zero attached hydrogens (tertiary/aromatic N) is 3. The van der Waals surface area contributed by atoms with E-state index in [0.29, 0.717) is 58.7 Å². The summed E-state index contributed by atoms with van der Waals surface area (Å²) in [5.74, 6) is 0.654. The lowest BCUT2D eigenvalue weighted by molar-refractivity contribution is 0.0225. The average Bonchev–Trinajstić information content (AvgIpc) is 2.92. The van der Waals surface area contributed by atoms with Crippen molar-refractivity contribution in [3.05, 3.63) is 5.82 Å². The Labute approximate surface area is 228 Å². The second-order valence-electron chi connectivity index (χ2n) is 8.84. The summed E-state index contributed by atoms with van der Waals surface area (Å²) in [7, 11) is 0. The lowest BCUT2D eigenvalue weighted by atomic mass is 10.1. The minimum absolute atomic E-state index is 0.000472. The molecule has 0 saturated heterocycles. The van der Waals surface area contributed by atoms with Gasteiger partial charge in [-0.1, -0.05) is 64.7 Å². The van der Waals surface area contributed by atoms with Gasteiger partial charge in [-0.15, -0.1) is 4.98 Å². The standard InChI is InChI=1S/C27H51N3O8/c1-2-3-4-5-6-7-8-9-10-11-12-25-28-26(37-23-21-35-19-17-33-15-13-31)30-27(29-25)38-24-22-36-20-18-34-16-14-32/h31-32H,2-24H2,1H3. The average molecular weight is 546 g/mol. The summed E-state index contributed by atoms with van der Waals surface area (Å²) in [5, 5.41) is 17.4. The molecule has 11 nitrogen and oxygen atoms in total. The fourth-order valence-electron chi connectivity index (χ4n) is 3.55. The van der Waals surface area contributed by atoms with E-state index < -0.39 is 0 Å². The van der Waals surface area contributed by atoms with Gasteiger partial charge in [0.15, 0.2) is 0 Å². The first-order valence-electron chi connectivity index (χ1n) is 14.3. The third kappa shape index (κ3) is 21.3. The normalized spacial score (nSPS) is 11.2. The van der Waals surface area contributed by atoms with Crippen LogP contribution in [0.2, 0.25) is 0 Å². The molecule has 0 radical (unpaired) electrons. The van der Waals surface area contributed by atoms with Crippen molar-refractivity contribution in [1.29, 1.82) is 0 Å². The summed E-state index contributed by atoms with van der Waals surface area (Å²) in [6, 6.07) is 0.436. The van der Waals surface area contributed by atoms with E-state index >= 15 is 0 Å². The number of hydrogen-bond acceptors (Lipinski definition) is 11. The Bertz CT molecular complexity index is 604. The minimum atomic E-state index is -0.000472. The minimum Gasteiger partial charge on any atom is -0.461 e. The lowest BCUT2D eigenvalue weighted by Gasteiger charge is -2.10. The molecular weight excluding hydrogens is 494 g/mol. The molecule has 38 heavy (non-hydrogen) atoms. The van der Waals surface area contributed by atoms with Gasteiger partial charge in [-0.25, -0.2) is 0 Å². The Kier molecular flexibility index (Phi) is 24.4. The quantitative estimate of drug-likeness (QED) is 0.144. The number of ether oxygens (including phenoxy) is 6. The Morgan fingerprint density at radius 3 is 1.32 bits per heavy atom. The van der Waals surface area contributed by atoms with Crippen molar-refractivity contribution in [2.24, 2.45) is 0 Å². The van der Waals surface area contributed by atoms with Crippen LogP contribution in [0.3, 0.4) is 0 Å². The van der Waals surface area contributed by atoms with Crippen LogP contribution in [0.15, 0.2) is 0 Å². The molecule has 0 saturated carbocycles. The van der Waals surface area contributed by atoms with Crippen molar-refractivity contribution in [3.63, 3.8) is 0 Å². The maximum absolute atomic E-state index is 8.70. The zero-order valence-electron chi connectivity index (χ0n) is 23.4. The molecule has 0 amide bonds. The first-order valence-corrected chi connectivity index (χ1v) is 14.3. The Morgan fingerprint density at radius 2 is 0.868 bits per heavy atom. The molecule has 222 valence electrons. The highest BCUT2D eigenvalue weighted by Crippen LogP contribution is 2.14. The monoisotopic (exact) mass is 545 g/mol. The Balaban J connectivity index is 2.38. The van der Waals surface area contributed by atoms with Gasteiger partial charge in [-0.2, -0.15) is 9.97 Å². The third-order valence-corrected chi connectivity index (χ3v) is 5.53. The van der Waals surface area contributed by atoms with E-state index in [1.807, 2.05) is 0 Å². The van der Waals surface area contributed by atoms with Crippen LogP contribution in [0.5, 0.6) is 12.0 Å².